The molecule has 2 saturated heterocycles. The van der Waals surface area contributed by atoms with Gasteiger partial charge in [-0.3, -0.25) is 18.4 Å². The van der Waals surface area contributed by atoms with Gasteiger partial charge in [0.25, 0.3) is 0 Å². The van der Waals surface area contributed by atoms with Crippen LogP contribution >= 0.6 is 0 Å². The molecule has 0 radical (unpaired) electrons. The Bertz CT molecular complexity index is 3030. The fraction of sp³-hybridized carbons (Fsp3) is 0.481. The number of fused-ring (bicyclic) bond motifs is 4. The Morgan fingerprint density at radius 3 is 1.67 bits per heavy atom. The molecule has 2 aromatic carbocycles. The van der Waals surface area contributed by atoms with E-state index in [2.05, 4.69) is 59.7 Å². The number of aryl methyl sites for hydroxylation is 2. The minimum atomic E-state index is -0.631. The molecule has 6 aromatic rings. The number of nitrogens with zero attached hydrogens (tertiary/aromatic N) is 11. The highest BCUT2D eigenvalue weighted by Gasteiger charge is 2.30. The second-order valence-electron chi connectivity index (χ2n) is 19.9. The summed E-state index contributed by atoms with van der Waals surface area (Å²) in [5, 5.41) is 28.8. The lowest BCUT2D eigenvalue weighted by Crippen LogP contribution is -2.43. The third-order valence-corrected chi connectivity index (χ3v) is 15.3. The molecule has 73 heavy (non-hydrogen) atoms. The highest BCUT2D eigenvalue weighted by molar-refractivity contribution is 5.82. The maximum absolute atomic E-state index is 14.6. The molecule has 12 rings (SSSR count). The number of aliphatic carboxylic acids is 1. The van der Waals surface area contributed by atoms with E-state index in [-0.39, 0.29) is 29.4 Å². The monoisotopic (exact) mass is 999 g/mol. The van der Waals surface area contributed by atoms with Crippen LogP contribution in [0.2, 0.25) is 0 Å². The maximum Gasteiger partial charge on any atom is 0.306 e. The Labute approximate surface area is 423 Å². The Morgan fingerprint density at radius 2 is 1.19 bits per heavy atom. The van der Waals surface area contributed by atoms with Crippen molar-refractivity contribution in [3.8, 4) is 11.5 Å². The van der Waals surface area contributed by atoms with Crippen molar-refractivity contribution >= 4 is 34.3 Å². The summed E-state index contributed by atoms with van der Waals surface area (Å²) in [5.74, 6) is 2.57. The Morgan fingerprint density at radius 1 is 0.671 bits per heavy atom. The molecule has 0 unspecified atom stereocenters. The molecule has 2 fully saturated rings. The van der Waals surface area contributed by atoms with E-state index in [0.29, 0.717) is 57.6 Å². The number of benzene rings is 2. The zero-order chi connectivity index (χ0) is 50.4. The summed E-state index contributed by atoms with van der Waals surface area (Å²) in [6.45, 7) is 8.19. The van der Waals surface area contributed by atoms with Crippen molar-refractivity contribution in [2.45, 2.75) is 77.0 Å². The highest BCUT2D eigenvalue weighted by Crippen LogP contribution is 2.34. The molecule has 0 saturated carbocycles. The summed E-state index contributed by atoms with van der Waals surface area (Å²) in [5.41, 5.74) is 9.34. The van der Waals surface area contributed by atoms with E-state index >= 15 is 0 Å². The lowest BCUT2D eigenvalue weighted by molar-refractivity contribution is -0.143. The molecule has 0 aliphatic carbocycles. The number of carbonyl (C=O) groups excluding carboxylic acids is 1. The number of carboxylic acid groups (broad SMARTS) is 1. The first-order valence-corrected chi connectivity index (χ1v) is 25.8. The summed E-state index contributed by atoms with van der Waals surface area (Å²) in [4.78, 5) is 39.3. The number of halogens is 2. The van der Waals surface area contributed by atoms with Crippen molar-refractivity contribution in [2.75, 3.05) is 79.7 Å². The van der Waals surface area contributed by atoms with Crippen LogP contribution in [-0.2, 0) is 48.1 Å². The number of hydrogen-bond acceptors (Lipinski definition) is 13. The standard InChI is InChI=1S/C27H31FN6O2.C20H20FN5O.C7H13NO2/c1-32-11-6-19(7-12-32)27(35)33-13-8-18(9-14-33)22-16-29-25(34-17-30-31-26(22)34)5-2-20-21-10-15-36-24(21)4-3-23(20)28;21-17-2-3-18-15(7-10-27-18)14(17)1-4-19-23-11-16(13-5-8-22-9-6-13)20-25-24-12-26(19)20;1-8-4-2-6(3-5-8)7(9)10/h3-4,8,16-17,19H,2,5-7,9-15H2,1H3;2-3,5,11-12,22H,1,4,6-10H2;6H,2-5H2,1H3,(H,9,10). The Balaban J connectivity index is 0.000000145. The molecule has 384 valence electrons. The van der Waals surface area contributed by atoms with E-state index in [1.807, 2.05) is 33.1 Å². The van der Waals surface area contributed by atoms with Crippen LogP contribution in [-0.4, -0.2) is 151 Å². The van der Waals surface area contributed by atoms with E-state index < -0.39 is 5.97 Å². The topological polar surface area (TPSA) is 181 Å². The zero-order valence-corrected chi connectivity index (χ0v) is 41.7. The van der Waals surface area contributed by atoms with Gasteiger partial charge in [0.05, 0.1) is 19.1 Å². The molecule has 0 atom stereocenters. The molecule has 0 spiro atoms. The smallest absolute Gasteiger partial charge is 0.306 e. The van der Waals surface area contributed by atoms with Gasteiger partial charge in [0, 0.05) is 85.9 Å². The molecule has 4 aromatic heterocycles. The summed E-state index contributed by atoms with van der Waals surface area (Å²) < 4.78 is 44.0. The third-order valence-electron chi connectivity index (χ3n) is 15.3. The number of amides is 1. The fourth-order valence-corrected chi connectivity index (χ4v) is 11.0. The predicted octanol–water partition coefficient (Wildman–Crippen LogP) is 5.71. The minimum absolute atomic E-state index is 0.0869. The average Bonchev–Trinajstić information content (AvgIpc) is 4.28. The Kier molecular flexibility index (Phi) is 15.4. The van der Waals surface area contributed by atoms with E-state index in [4.69, 9.17) is 19.6 Å². The number of carbonyl (C=O) groups is 2. The number of likely N-dealkylation sites (tertiary alicyclic amines) is 2. The number of carboxylic acids is 1. The molecular weight excluding hydrogens is 935 g/mol. The van der Waals surface area contributed by atoms with Crippen LogP contribution in [0.15, 0.2) is 61.5 Å². The second-order valence-corrected chi connectivity index (χ2v) is 19.9. The van der Waals surface area contributed by atoms with Crippen LogP contribution < -0.4 is 14.8 Å². The number of ether oxygens (including phenoxy) is 2. The number of rotatable bonds is 10. The SMILES string of the molecule is CN1CCC(C(=O)N2CC=C(c3cnc(CCc4c(F)ccc5c4CCO5)n4cnnc34)CC2)CC1.CN1CCC(C(=O)O)CC1.Fc1ccc2c(c1CCc1ncc(C3=CCNCC3)c3nncn13)CCO2. The van der Waals surface area contributed by atoms with Crippen LogP contribution in [0.3, 0.4) is 0 Å². The third kappa shape index (κ3) is 11.1. The first-order chi connectivity index (χ1) is 35.6. The summed E-state index contributed by atoms with van der Waals surface area (Å²) >= 11 is 0. The van der Waals surface area contributed by atoms with Gasteiger partial charge in [-0.05, 0) is 145 Å². The fourth-order valence-electron chi connectivity index (χ4n) is 11.0. The van der Waals surface area contributed by atoms with Gasteiger partial charge >= 0.3 is 5.97 Å². The lowest BCUT2D eigenvalue weighted by atomic mass is 9.94. The van der Waals surface area contributed by atoms with Crippen molar-refractivity contribution in [3.05, 3.63) is 118 Å². The van der Waals surface area contributed by atoms with Crippen LogP contribution in [0, 0.1) is 23.5 Å². The van der Waals surface area contributed by atoms with Crippen LogP contribution in [0.4, 0.5) is 8.78 Å². The van der Waals surface area contributed by atoms with E-state index in [1.54, 1.807) is 24.8 Å². The van der Waals surface area contributed by atoms with E-state index in [0.717, 1.165) is 158 Å². The quantitative estimate of drug-likeness (QED) is 0.170. The molecule has 6 aliphatic heterocycles. The summed E-state index contributed by atoms with van der Waals surface area (Å²) in [7, 11) is 4.14. The van der Waals surface area contributed by atoms with E-state index in [1.165, 1.54) is 17.7 Å². The number of hydrogen-bond donors (Lipinski definition) is 2. The van der Waals surface area contributed by atoms with Crippen molar-refractivity contribution in [2.24, 2.45) is 11.8 Å². The number of nitrogens with one attached hydrogen (secondary N) is 1. The predicted molar refractivity (Wildman–Crippen MR) is 270 cm³/mol. The minimum Gasteiger partial charge on any atom is -0.493 e. The maximum atomic E-state index is 14.6. The second kappa shape index (κ2) is 22.6. The molecule has 0 bridgehead atoms. The Hall–Kier alpha value is -6.70. The molecule has 2 N–H and O–H groups in total. The van der Waals surface area contributed by atoms with Crippen LogP contribution in [0.5, 0.6) is 11.5 Å². The first kappa shape index (κ1) is 49.9. The van der Waals surface area contributed by atoms with Gasteiger partial charge in [-0.25, -0.2) is 18.7 Å². The number of piperidine rings is 2. The van der Waals surface area contributed by atoms with Crippen LogP contribution in [0.25, 0.3) is 22.4 Å². The summed E-state index contributed by atoms with van der Waals surface area (Å²) in [6.07, 6.45) is 20.4. The van der Waals surface area contributed by atoms with Gasteiger partial charge in [0.1, 0.15) is 47.4 Å². The summed E-state index contributed by atoms with van der Waals surface area (Å²) in [6, 6.07) is 6.42. The van der Waals surface area contributed by atoms with Gasteiger partial charge < -0.3 is 34.6 Å². The number of aromatic nitrogens is 8. The highest BCUT2D eigenvalue weighted by atomic mass is 19.1. The first-order valence-electron chi connectivity index (χ1n) is 25.8. The molecular formula is C54H64F2N12O5. The molecule has 17 nitrogen and oxygen atoms in total. The largest absolute Gasteiger partial charge is 0.493 e. The van der Waals surface area contributed by atoms with E-state index in [9.17, 15) is 18.4 Å². The molecule has 6 aliphatic rings. The average molecular weight is 999 g/mol. The molecule has 10 heterocycles. The van der Waals surface area contributed by atoms with Gasteiger partial charge in [-0.15, -0.1) is 20.4 Å². The van der Waals surface area contributed by atoms with Crippen molar-refractivity contribution in [1.29, 1.82) is 0 Å². The van der Waals surface area contributed by atoms with Gasteiger partial charge in [0.2, 0.25) is 5.91 Å². The molecule has 1 amide bonds. The lowest BCUT2D eigenvalue weighted by Gasteiger charge is -2.34. The van der Waals surface area contributed by atoms with Gasteiger partial charge in [-0.1, -0.05) is 12.2 Å². The van der Waals surface area contributed by atoms with Crippen molar-refractivity contribution < 1.29 is 33.0 Å². The van der Waals surface area contributed by atoms with Crippen molar-refractivity contribution in [3.63, 3.8) is 0 Å². The van der Waals surface area contributed by atoms with Gasteiger partial charge in [0.15, 0.2) is 11.3 Å². The van der Waals surface area contributed by atoms with Gasteiger partial charge in [-0.2, -0.15) is 0 Å². The zero-order valence-electron chi connectivity index (χ0n) is 41.7. The van der Waals surface area contributed by atoms with Crippen molar-refractivity contribution in [1.82, 2.24) is 59.2 Å². The molecule has 19 heteroatoms. The van der Waals surface area contributed by atoms with Crippen LogP contribution in [0.1, 0.15) is 83.6 Å². The normalized spacial score (nSPS) is 18.4.